The van der Waals surface area contributed by atoms with Gasteiger partial charge in [0.15, 0.2) is 0 Å². The summed E-state index contributed by atoms with van der Waals surface area (Å²) in [4.78, 5) is 13.3. The predicted octanol–water partition coefficient (Wildman–Crippen LogP) is 2.14. The fourth-order valence-corrected chi connectivity index (χ4v) is 2.39. The summed E-state index contributed by atoms with van der Waals surface area (Å²) in [5.74, 6) is 1.14. The van der Waals surface area contributed by atoms with Crippen LogP contribution in [-0.4, -0.2) is 21.5 Å². The Labute approximate surface area is 114 Å². The molecule has 2 aromatic heterocycles. The van der Waals surface area contributed by atoms with E-state index in [9.17, 15) is 0 Å². The molecule has 0 saturated carbocycles. The minimum atomic E-state index is 0.299. The zero-order valence-electron chi connectivity index (χ0n) is 11.7. The molecule has 0 aliphatic carbocycles. The van der Waals surface area contributed by atoms with E-state index in [4.69, 9.17) is 5.73 Å². The van der Waals surface area contributed by atoms with Gasteiger partial charge in [0, 0.05) is 30.2 Å². The van der Waals surface area contributed by atoms with Crippen LogP contribution in [0.25, 0.3) is 0 Å². The lowest BCUT2D eigenvalue weighted by Gasteiger charge is -2.15. The summed E-state index contributed by atoms with van der Waals surface area (Å²) in [6.45, 7) is 6.79. The van der Waals surface area contributed by atoms with E-state index in [0.717, 1.165) is 22.8 Å². The van der Waals surface area contributed by atoms with Crippen molar-refractivity contribution >= 4 is 0 Å². The first-order valence-corrected chi connectivity index (χ1v) is 6.54. The van der Waals surface area contributed by atoms with E-state index < -0.39 is 0 Å². The lowest BCUT2D eigenvalue weighted by molar-refractivity contribution is 0.733. The number of hydrogen-bond donors (Lipinski definition) is 1. The maximum Gasteiger partial charge on any atom is 0.133 e. The summed E-state index contributed by atoms with van der Waals surface area (Å²) in [7, 11) is 0. The molecule has 0 aliphatic rings. The molecule has 4 heteroatoms. The molecule has 0 saturated heterocycles. The Morgan fingerprint density at radius 2 is 1.89 bits per heavy atom. The lowest BCUT2D eigenvalue weighted by Crippen LogP contribution is -2.15. The SMILES string of the molecule is Cc1nc(Cc2cccnc2)nc(C)c1C(C)CN. The quantitative estimate of drug-likeness (QED) is 0.910. The molecule has 1 unspecified atom stereocenters. The van der Waals surface area contributed by atoms with Gasteiger partial charge in [-0.05, 0) is 43.5 Å². The molecule has 4 nitrogen and oxygen atoms in total. The summed E-state index contributed by atoms with van der Waals surface area (Å²) in [6, 6.07) is 3.97. The third-order valence-corrected chi connectivity index (χ3v) is 3.30. The first-order chi connectivity index (χ1) is 9.11. The molecule has 2 rings (SSSR count). The van der Waals surface area contributed by atoms with Gasteiger partial charge in [0.2, 0.25) is 0 Å². The molecule has 0 aromatic carbocycles. The number of nitrogens with two attached hydrogens (primary N) is 1. The fraction of sp³-hybridized carbons (Fsp3) is 0.400. The van der Waals surface area contributed by atoms with Crippen molar-refractivity contribution in [3.05, 3.63) is 52.9 Å². The monoisotopic (exact) mass is 256 g/mol. The van der Waals surface area contributed by atoms with Crippen LogP contribution in [0.1, 0.15) is 41.2 Å². The Kier molecular flexibility index (Phi) is 4.22. The zero-order valence-corrected chi connectivity index (χ0v) is 11.7. The van der Waals surface area contributed by atoms with E-state index >= 15 is 0 Å². The van der Waals surface area contributed by atoms with Crippen molar-refractivity contribution in [1.82, 2.24) is 15.0 Å². The lowest BCUT2D eigenvalue weighted by atomic mass is 9.98. The molecule has 0 aliphatic heterocycles. The molecule has 2 heterocycles. The molecule has 19 heavy (non-hydrogen) atoms. The second-order valence-electron chi connectivity index (χ2n) is 4.90. The standard InChI is InChI=1S/C15H20N4/c1-10(8-16)15-11(2)18-14(19-12(15)3)7-13-5-4-6-17-9-13/h4-6,9-10H,7-8,16H2,1-3H3. The van der Waals surface area contributed by atoms with Gasteiger partial charge in [0.05, 0.1) is 0 Å². The Balaban J connectivity index is 2.30. The Hall–Kier alpha value is -1.81. The van der Waals surface area contributed by atoms with Crippen LogP contribution in [0.2, 0.25) is 0 Å². The number of pyridine rings is 1. The minimum absolute atomic E-state index is 0.299. The first-order valence-electron chi connectivity index (χ1n) is 6.54. The Morgan fingerprint density at radius 3 is 2.42 bits per heavy atom. The predicted molar refractivity (Wildman–Crippen MR) is 76.0 cm³/mol. The summed E-state index contributed by atoms with van der Waals surface area (Å²) in [5.41, 5.74) is 10.1. The maximum absolute atomic E-state index is 5.74. The number of nitrogens with zero attached hydrogens (tertiary/aromatic N) is 3. The van der Waals surface area contributed by atoms with Crippen molar-refractivity contribution in [2.75, 3.05) is 6.54 Å². The van der Waals surface area contributed by atoms with E-state index in [1.54, 1.807) is 6.20 Å². The second-order valence-corrected chi connectivity index (χ2v) is 4.90. The number of aromatic nitrogens is 3. The van der Waals surface area contributed by atoms with Gasteiger partial charge in [-0.1, -0.05) is 13.0 Å². The second kappa shape index (κ2) is 5.89. The first kappa shape index (κ1) is 13.6. The molecule has 100 valence electrons. The van der Waals surface area contributed by atoms with Gasteiger partial charge in [0.1, 0.15) is 5.82 Å². The molecular formula is C15H20N4. The summed E-state index contributed by atoms with van der Waals surface area (Å²) >= 11 is 0. The largest absolute Gasteiger partial charge is 0.330 e. The molecule has 0 amide bonds. The van der Waals surface area contributed by atoms with Gasteiger partial charge in [-0.3, -0.25) is 4.98 Å². The highest BCUT2D eigenvalue weighted by molar-refractivity contribution is 5.29. The minimum Gasteiger partial charge on any atom is -0.330 e. The number of aryl methyl sites for hydroxylation is 2. The average Bonchev–Trinajstić information content (AvgIpc) is 2.38. The van der Waals surface area contributed by atoms with Crippen molar-refractivity contribution in [2.45, 2.75) is 33.1 Å². The van der Waals surface area contributed by atoms with Gasteiger partial charge in [-0.25, -0.2) is 9.97 Å². The van der Waals surface area contributed by atoms with Crippen molar-refractivity contribution in [2.24, 2.45) is 5.73 Å². The highest BCUT2D eigenvalue weighted by Gasteiger charge is 2.14. The van der Waals surface area contributed by atoms with Gasteiger partial charge < -0.3 is 5.73 Å². The maximum atomic E-state index is 5.74. The van der Waals surface area contributed by atoms with Gasteiger partial charge >= 0.3 is 0 Å². The number of rotatable bonds is 4. The highest BCUT2D eigenvalue weighted by atomic mass is 14.9. The molecule has 2 aromatic rings. The van der Waals surface area contributed by atoms with Crippen LogP contribution < -0.4 is 5.73 Å². The highest BCUT2D eigenvalue weighted by Crippen LogP contribution is 2.20. The topological polar surface area (TPSA) is 64.7 Å². The van der Waals surface area contributed by atoms with Crippen LogP contribution in [0.15, 0.2) is 24.5 Å². The average molecular weight is 256 g/mol. The number of hydrogen-bond acceptors (Lipinski definition) is 4. The van der Waals surface area contributed by atoms with Crippen LogP contribution in [0.4, 0.5) is 0 Å². The molecule has 1 atom stereocenters. The summed E-state index contributed by atoms with van der Waals surface area (Å²) in [6.07, 6.45) is 4.34. The van der Waals surface area contributed by atoms with Gasteiger partial charge in [0.25, 0.3) is 0 Å². The van der Waals surface area contributed by atoms with Crippen molar-refractivity contribution in [1.29, 1.82) is 0 Å². The zero-order chi connectivity index (χ0) is 13.8. The van der Waals surface area contributed by atoms with E-state index in [0.29, 0.717) is 18.9 Å². The van der Waals surface area contributed by atoms with Crippen LogP contribution in [0.3, 0.4) is 0 Å². The van der Waals surface area contributed by atoms with Crippen LogP contribution >= 0.6 is 0 Å². The van der Waals surface area contributed by atoms with E-state index in [-0.39, 0.29) is 0 Å². The molecule has 0 radical (unpaired) electrons. The van der Waals surface area contributed by atoms with E-state index in [2.05, 4.69) is 21.9 Å². The van der Waals surface area contributed by atoms with E-state index in [1.807, 2.05) is 32.2 Å². The molecule has 0 bridgehead atoms. The van der Waals surface area contributed by atoms with Crippen molar-refractivity contribution in [3.8, 4) is 0 Å². The van der Waals surface area contributed by atoms with Crippen molar-refractivity contribution in [3.63, 3.8) is 0 Å². The third kappa shape index (κ3) is 3.15. The summed E-state index contributed by atoms with van der Waals surface area (Å²) in [5, 5.41) is 0. The molecule has 0 spiro atoms. The van der Waals surface area contributed by atoms with Gasteiger partial charge in [-0.15, -0.1) is 0 Å². The van der Waals surface area contributed by atoms with Crippen LogP contribution in [0, 0.1) is 13.8 Å². The van der Waals surface area contributed by atoms with Crippen molar-refractivity contribution < 1.29 is 0 Å². The Morgan fingerprint density at radius 1 is 1.21 bits per heavy atom. The fourth-order valence-electron chi connectivity index (χ4n) is 2.39. The van der Waals surface area contributed by atoms with Gasteiger partial charge in [-0.2, -0.15) is 0 Å². The molecule has 2 N–H and O–H groups in total. The Bertz CT molecular complexity index is 528. The van der Waals surface area contributed by atoms with Crippen LogP contribution in [-0.2, 0) is 6.42 Å². The molecule has 0 fully saturated rings. The van der Waals surface area contributed by atoms with E-state index in [1.165, 1.54) is 5.56 Å². The smallest absolute Gasteiger partial charge is 0.133 e. The third-order valence-electron chi connectivity index (χ3n) is 3.30. The normalized spacial score (nSPS) is 12.4. The molecular weight excluding hydrogens is 236 g/mol. The van der Waals surface area contributed by atoms with Crippen LogP contribution in [0.5, 0.6) is 0 Å². The summed E-state index contributed by atoms with van der Waals surface area (Å²) < 4.78 is 0.